The fourth-order valence-electron chi connectivity index (χ4n) is 2.72. The van der Waals surface area contributed by atoms with Gasteiger partial charge in [-0.15, -0.1) is 0 Å². The summed E-state index contributed by atoms with van der Waals surface area (Å²) in [5.41, 5.74) is 1.57. The van der Waals surface area contributed by atoms with E-state index in [-0.39, 0.29) is 11.7 Å². The summed E-state index contributed by atoms with van der Waals surface area (Å²) in [6.45, 7) is 0.449. The number of carboxylic acids is 1. The van der Waals surface area contributed by atoms with E-state index in [9.17, 15) is 14.7 Å². The fraction of sp³-hybridized carbons (Fsp3) is 0.250. The minimum absolute atomic E-state index is 0.203. The summed E-state index contributed by atoms with van der Waals surface area (Å²) < 4.78 is 5.34. The molecule has 1 fully saturated rings. The SMILES string of the molecule is O=C(O)[C@@H]1CCCN1C(=O)c1occc1-c1ccccc1. The molecule has 1 aliphatic rings. The van der Waals surface area contributed by atoms with Gasteiger partial charge in [0.1, 0.15) is 6.04 Å². The lowest BCUT2D eigenvalue weighted by Crippen LogP contribution is -2.40. The Morgan fingerprint density at radius 2 is 1.95 bits per heavy atom. The number of aliphatic carboxylic acids is 1. The van der Waals surface area contributed by atoms with Crippen molar-refractivity contribution in [3.05, 3.63) is 48.4 Å². The Balaban J connectivity index is 1.93. The Kier molecular flexibility index (Phi) is 3.48. The monoisotopic (exact) mass is 285 g/mol. The number of carboxylic acid groups (broad SMARTS) is 1. The largest absolute Gasteiger partial charge is 0.480 e. The van der Waals surface area contributed by atoms with Crippen molar-refractivity contribution in [1.29, 1.82) is 0 Å². The molecule has 21 heavy (non-hydrogen) atoms. The van der Waals surface area contributed by atoms with Gasteiger partial charge in [0, 0.05) is 12.1 Å². The smallest absolute Gasteiger partial charge is 0.326 e. The molecule has 0 radical (unpaired) electrons. The maximum Gasteiger partial charge on any atom is 0.326 e. The van der Waals surface area contributed by atoms with Crippen LogP contribution in [0.4, 0.5) is 0 Å². The minimum atomic E-state index is -0.964. The zero-order valence-corrected chi connectivity index (χ0v) is 11.4. The number of amides is 1. The first-order valence-corrected chi connectivity index (χ1v) is 6.85. The Morgan fingerprint density at radius 3 is 2.67 bits per heavy atom. The maximum atomic E-state index is 12.6. The molecule has 1 atom stereocenters. The van der Waals surface area contributed by atoms with Crippen LogP contribution in [0.15, 0.2) is 47.1 Å². The Hall–Kier alpha value is -2.56. The molecule has 108 valence electrons. The minimum Gasteiger partial charge on any atom is -0.480 e. The zero-order chi connectivity index (χ0) is 14.8. The topological polar surface area (TPSA) is 70.8 Å². The van der Waals surface area contributed by atoms with Gasteiger partial charge >= 0.3 is 5.97 Å². The van der Waals surface area contributed by atoms with Crippen molar-refractivity contribution in [3.8, 4) is 11.1 Å². The van der Waals surface area contributed by atoms with Gasteiger partial charge in [-0.2, -0.15) is 0 Å². The van der Waals surface area contributed by atoms with Crippen molar-refractivity contribution in [2.75, 3.05) is 6.54 Å². The number of benzene rings is 1. The molecule has 5 heteroatoms. The second kappa shape index (κ2) is 5.44. The van der Waals surface area contributed by atoms with Crippen LogP contribution in [0.1, 0.15) is 23.4 Å². The third-order valence-electron chi connectivity index (χ3n) is 3.74. The van der Waals surface area contributed by atoms with E-state index in [2.05, 4.69) is 0 Å². The highest BCUT2D eigenvalue weighted by atomic mass is 16.4. The third kappa shape index (κ3) is 2.42. The first-order valence-electron chi connectivity index (χ1n) is 6.85. The molecule has 3 rings (SSSR count). The molecule has 1 aromatic carbocycles. The van der Waals surface area contributed by atoms with E-state index in [0.717, 1.165) is 5.56 Å². The van der Waals surface area contributed by atoms with E-state index < -0.39 is 12.0 Å². The quantitative estimate of drug-likeness (QED) is 0.941. The van der Waals surface area contributed by atoms with Crippen molar-refractivity contribution in [2.24, 2.45) is 0 Å². The van der Waals surface area contributed by atoms with Crippen LogP contribution >= 0.6 is 0 Å². The lowest BCUT2D eigenvalue weighted by molar-refractivity contribution is -0.141. The Labute approximate surface area is 121 Å². The average Bonchev–Trinajstić information content (AvgIpc) is 3.16. The molecule has 2 heterocycles. The summed E-state index contributed by atoms with van der Waals surface area (Å²) >= 11 is 0. The number of nitrogens with zero attached hydrogens (tertiary/aromatic N) is 1. The first kappa shape index (κ1) is 13.4. The molecular formula is C16H15NO4. The van der Waals surface area contributed by atoms with Gasteiger partial charge in [0.2, 0.25) is 0 Å². The van der Waals surface area contributed by atoms with Gasteiger partial charge in [0.05, 0.1) is 6.26 Å². The number of furan rings is 1. The molecule has 1 N–H and O–H groups in total. The van der Waals surface area contributed by atoms with E-state index in [4.69, 9.17) is 4.42 Å². The molecule has 1 amide bonds. The van der Waals surface area contributed by atoms with Crippen LogP contribution in [-0.4, -0.2) is 34.5 Å². The van der Waals surface area contributed by atoms with E-state index in [1.807, 2.05) is 30.3 Å². The van der Waals surface area contributed by atoms with E-state index >= 15 is 0 Å². The molecular weight excluding hydrogens is 270 g/mol. The van der Waals surface area contributed by atoms with Crippen LogP contribution < -0.4 is 0 Å². The highest BCUT2D eigenvalue weighted by molar-refractivity contribution is 6.00. The number of hydrogen-bond donors (Lipinski definition) is 1. The maximum absolute atomic E-state index is 12.6. The molecule has 1 saturated heterocycles. The van der Waals surface area contributed by atoms with E-state index in [1.54, 1.807) is 6.07 Å². The second-order valence-electron chi connectivity index (χ2n) is 5.02. The summed E-state index contributed by atoms with van der Waals surface area (Å²) in [5, 5.41) is 9.19. The normalized spacial score (nSPS) is 17.9. The van der Waals surface area contributed by atoms with Crippen LogP contribution in [-0.2, 0) is 4.79 Å². The molecule has 5 nitrogen and oxygen atoms in total. The molecule has 0 bridgehead atoms. The lowest BCUT2D eigenvalue weighted by atomic mass is 10.1. The van der Waals surface area contributed by atoms with Gasteiger partial charge in [-0.25, -0.2) is 4.79 Å². The number of rotatable bonds is 3. The van der Waals surface area contributed by atoms with Gasteiger partial charge in [0.25, 0.3) is 5.91 Å². The summed E-state index contributed by atoms with van der Waals surface area (Å²) in [6.07, 6.45) is 2.65. The van der Waals surface area contributed by atoms with Crippen molar-refractivity contribution in [1.82, 2.24) is 4.90 Å². The van der Waals surface area contributed by atoms with Gasteiger partial charge < -0.3 is 14.4 Å². The standard InChI is InChI=1S/C16H15NO4/c18-15(17-9-4-7-13(17)16(19)20)14-12(8-10-21-14)11-5-2-1-3-6-11/h1-3,5-6,8,10,13H,4,7,9H2,(H,19,20)/t13-/m0/s1. The van der Waals surface area contributed by atoms with Gasteiger partial charge in [0.15, 0.2) is 5.76 Å². The molecule has 1 aliphatic heterocycles. The summed E-state index contributed by atoms with van der Waals surface area (Å²) in [4.78, 5) is 25.2. The van der Waals surface area contributed by atoms with E-state index in [1.165, 1.54) is 11.2 Å². The van der Waals surface area contributed by atoms with Crippen LogP contribution in [0.5, 0.6) is 0 Å². The molecule has 0 aliphatic carbocycles. The van der Waals surface area contributed by atoms with Gasteiger partial charge in [-0.1, -0.05) is 30.3 Å². The van der Waals surface area contributed by atoms with Crippen molar-refractivity contribution in [2.45, 2.75) is 18.9 Å². The van der Waals surface area contributed by atoms with Crippen LogP contribution in [0.3, 0.4) is 0 Å². The summed E-state index contributed by atoms with van der Waals surface area (Å²) in [6, 6.07) is 10.4. The second-order valence-corrected chi connectivity index (χ2v) is 5.02. The summed E-state index contributed by atoms with van der Waals surface area (Å²) in [7, 11) is 0. The van der Waals surface area contributed by atoms with Crippen LogP contribution in [0.25, 0.3) is 11.1 Å². The summed E-state index contributed by atoms with van der Waals surface area (Å²) in [5.74, 6) is -1.12. The highest BCUT2D eigenvalue weighted by Gasteiger charge is 2.36. The van der Waals surface area contributed by atoms with Crippen molar-refractivity contribution < 1.29 is 19.1 Å². The predicted octanol–water partition coefficient (Wildman–Crippen LogP) is 2.64. The average molecular weight is 285 g/mol. The lowest BCUT2D eigenvalue weighted by Gasteiger charge is -2.20. The van der Waals surface area contributed by atoms with Crippen LogP contribution in [0.2, 0.25) is 0 Å². The third-order valence-corrected chi connectivity index (χ3v) is 3.74. The molecule has 0 saturated carbocycles. The molecule has 2 aromatic rings. The van der Waals surface area contributed by atoms with Crippen molar-refractivity contribution >= 4 is 11.9 Å². The zero-order valence-electron chi connectivity index (χ0n) is 11.4. The number of likely N-dealkylation sites (tertiary alicyclic amines) is 1. The predicted molar refractivity (Wildman–Crippen MR) is 75.8 cm³/mol. The Morgan fingerprint density at radius 1 is 1.19 bits per heavy atom. The van der Waals surface area contributed by atoms with Gasteiger partial charge in [-0.3, -0.25) is 4.79 Å². The number of hydrogen-bond acceptors (Lipinski definition) is 3. The molecule has 0 unspecified atom stereocenters. The number of carbonyl (C=O) groups is 2. The highest BCUT2D eigenvalue weighted by Crippen LogP contribution is 2.28. The van der Waals surface area contributed by atoms with Crippen LogP contribution in [0, 0.1) is 0 Å². The number of carbonyl (C=O) groups excluding carboxylic acids is 1. The van der Waals surface area contributed by atoms with Gasteiger partial charge in [-0.05, 0) is 24.5 Å². The van der Waals surface area contributed by atoms with E-state index in [0.29, 0.717) is 24.9 Å². The van der Waals surface area contributed by atoms with Crippen molar-refractivity contribution in [3.63, 3.8) is 0 Å². The Bertz CT molecular complexity index is 662. The molecule has 1 aromatic heterocycles. The molecule has 0 spiro atoms. The first-order chi connectivity index (χ1) is 10.2. The fourth-order valence-corrected chi connectivity index (χ4v) is 2.72.